The summed E-state index contributed by atoms with van der Waals surface area (Å²) in [5.74, 6) is 1.02. The van der Waals surface area contributed by atoms with Crippen LogP contribution in [-0.4, -0.2) is 30.0 Å². The van der Waals surface area contributed by atoms with Gasteiger partial charge in [-0.15, -0.1) is 0 Å². The number of aryl methyl sites for hydroxylation is 1. The molecule has 7 heteroatoms. The van der Waals surface area contributed by atoms with Gasteiger partial charge in [0.15, 0.2) is 0 Å². The number of nitrogens with one attached hydrogen (secondary N) is 2. The first kappa shape index (κ1) is 16.6. The summed E-state index contributed by atoms with van der Waals surface area (Å²) in [4.78, 5) is 0. The van der Waals surface area contributed by atoms with Crippen LogP contribution in [-0.2, 0) is 19.7 Å². The minimum atomic E-state index is -2.11. The van der Waals surface area contributed by atoms with Crippen molar-refractivity contribution in [1.82, 2.24) is 5.43 Å². The number of benzene rings is 1. The number of rotatable bonds is 0. The van der Waals surface area contributed by atoms with Crippen molar-refractivity contribution in [3.8, 4) is 0 Å². The van der Waals surface area contributed by atoms with Crippen LogP contribution in [0, 0.1) is 0 Å². The molecule has 0 spiro atoms. The van der Waals surface area contributed by atoms with Crippen LogP contribution in [0.15, 0.2) is 35.4 Å². The van der Waals surface area contributed by atoms with Gasteiger partial charge in [-0.1, -0.05) is 18.2 Å². The van der Waals surface area contributed by atoms with Gasteiger partial charge in [0.1, 0.15) is 17.7 Å². The Bertz CT molecular complexity index is 617. The standard InChI is InChI=1S/C16H26N2O3Si2/c1-22(2)16-15(20-23(3,4)21-22)10-9-13-7-5-6-8-14(13)18-17-11-12-19-16/h5-8,17-18H,9-12H2,1-4H3. The monoisotopic (exact) mass is 350 g/mol. The predicted molar refractivity (Wildman–Crippen MR) is 96.5 cm³/mol. The van der Waals surface area contributed by atoms with Gasteiger partial charge in [-0.2, -0.15) is 0 Å². The molecule has 1 aromatic carbocycles. The molecule has 0 bridgehead atoms. The average Bonchev–Trinajstić information content (AvgIpc) is 2.49. The zero-order chi connectivity index (χ0) is 16.5. The first-order valence-corrected chi connectivity index (χ1v) is 13.9. The molecule has 0 unspecified atom stereocenters. The van der Waals surface area contributed by atoms with Gasteiger partial charge < -0.3 is 18.7 Å². The molecule has 23 heavy (non-hydrogen) atoms. The van der Waals surface area contributed by atoms with E-state index in [2.05, 4.69) is 55.2 Å². The summed E-state index contributed by atoms with van der Waals surface area (Å²) in [7, 11) is -4.16. The number of hydrazine groups is 1. The Morgan fingerprint density at radius 1 is 1.04 bits per heavy atom. The first-order chi connectivity index (χ1) is 10.9. The molecule has 2 heterocycles. The highest BCUT2D eigenvalue weighted by atomic mass is 28.4. The average molecular weight is 351 g/mol. The molecule has 0 aliphatic carbocycles. The first-order valence-electron chi connectivity index (χ1n) is 8.20. The molecule has 0 atom stereocenters. The summed E-state index contributed by atoms with van der Waals surface area (Å²) in [6, 6.07) is 8.38. The maximum atomic E-state index is 6.34. The summed E-state index contributed by atoms with van der Waals surface area (Å²) in [6.45, 7) is 9.97. The highest BCUT2D eigenvalue weighted by molar-refractivity contribution is 6.87. The zero-order valence-electron chi connectivity index (χ0n) is 14.4. The van der Waals surface area contributed by atoms with Crippen molar-refractivity contribution in [2.24, 2.45) is 0 Å². The molecule has 2 aliphatic rings. The lowest BCUT2D eigenvalue weighted by molar-refractivity contribution is 0.180. The van der Waals surface area contributed by atoms with Gasteiger partial charge in [-0.3, -0.25) is 0 Å². The Morgan fingerprint density at radius 3 is 2.65 bits per heavy atom. The van der Waals surface area contributed by atoms with Crippen LogP contribution >= 0.6 is 0 Å². The number of allylic oxidation sites excluding steroid dienone is 1. The highest BCUT2D eigenvalue weighted by Gasteiger charge is 2.47. The fourth-order valence-electron chi connectivity index (χ4n) is 3.25. The minimum absolute atomic E-state index is 0.596. The Hall–Kier alpha value is -1.29. The minimum Gasteiger partial charge on any atom is -0.522 e. The lowest BCUT2D eigenvalue weighted by Gasteiger charge is -2.41. The molecule has 126 valence electrons. The van der Waals surface area contributed by atoms with Crippen molar-refractivity contribution in [2.45, 2.75) is 39.0 Å². The lowest BCUT2D eigenvalue weighted by Crippen LogP contribution is -2.53. The molecule has 0 saturated carbocycles. The maximum absolute atomic E-state index is 6.34. The third-order valence-electron chi connectivity index (χ3n) is 4.01. The van der Waals surface area contributed by atoms with Crippen LogP contribution < -0.4 is 10.9 Å². The molecule has 0 radical (unpaired) electrons. The van der Waals surface area contributed by atoms with Crippen molar-refractivity contribution < 1.29 is 13.3 Å². The molecule has 0 fully saturated rings. The molecular formula is C16H26N2O3Si2. The van der Waals surface area contributed by atoms with Gasteiger partial charge in [-0.05, 0) is 44.2 Å². The number of hydrogen-bond donors (Lipinski definition) is 2. The molecule has 0 aromatic heterocycles. The van der Waals surface area contributed by atoms with E-state index < -0.39 is 16.9 Å². The summed E-state index contributed by atoms with van der Waals surface area (Å²) in [5.41, 5.74) is 8.90. The Kier molecular flexibility index (Phi) is 4.55. The van der Waals surface area contributed by atoms with Crippen molar-refractivity contribution in [3.05, 3.63) is 41.0 Å². The van der Waals surface area contributed by atoms with Gasteiger partial charge in [0.25, 0.3) is 8.32 Å². The number of ether oxygens (including phenoxy) is 1. The second-order valence-corrected chi connectivity index (χ2v) is 14.2. The second kappa shape index (κ2) is 6.31. The van der Waals surface area contributed by atoms with E-state index in [1.54, 1.807) is 0 Å². The molecule has 1 aromatic rings. The van der Waals surface area contributed by atoms with E-state index >= 15 is 0 Å². The van der Waals surface area contributed by atoms with Crippen LogP contribution in [0.4, 0.5) is 5.69 Å². The number of anilines is 1. The molecule has 3 rings (SSSR count). The van der Waals surface area contributed by atoms with E-state index in [1.165, 1.54) is 5.56 Å². The summed E-state index contributed by atoms with van der Waals surface area (Å²) < 4.78 is 18.7. The van der Waals surface area contributed by atoms with E-state index in [-0.39, 0.29) is 0 Å². The topological polar surface area (TPSA) is 51.8 Å². The normalized spacial score (nSPS) is 23.3. The van der Waals surface area contributed by atoms with Gasteiger partial charge in [0, 0.05) is 13.0 Å². The number of fused-ring (bicyclic) bond motifs is 1. The molecule has 5 nitrogen and oxygen atoms in total. The number of para-hydroxylation sites is 1. The Labute approximate surface area is 140 Å². The van der Waals surface area contributed by atoms with Crippen LogP contribution in [0.2, 0.25) is 26.2 Å². The Balaban J connectivity index is 1.93. The van der Waals surface area contributed by atoms with Crippen molar-refractivity contribution >= 4 is 22.6 Å². The van der Waals surface area contributed by atoms with Gasteiger partial charge in [0.2, 0.25) is 0 Å². The van der Waals surface area contributed by atoms with Crippen molar-refractivity contribution in [3.63, 3.8) is 0 Å². The lowest BCUT2D eigenvalue weighted by atomic mass is 10.1. The summed E-state index contributed by atoms with van der Waals surface area (Å²) >= 11 is 0. The van der Waals surface area contributed by atoms with Crippen LogP contribution in [0.3, 0.4) is 0 Å². The molecule has 2 aliphatic heterocycles. The van der Waals surface area contributed by atoms with Crippen LogP contribution in [0.1, 0.15) is 12.0 Å². The highest BCUT2D eigenvalue weighted by Crippen LogP contribution is 2.35. The van der Waals surface area contributed by atoms with E-state index in [9.17, 15) is 0 Å². The maximum Gasteiger partial charge on any atom is 0.382 e. The third-order valence-corrected chi connectivity index (χ3v) is 10.3. The quantitative estimate of drug-likeness (QED) is 0.703. The van der Waals surface area contributed by atoms with Gasteiger partial charge in [-0.25, -0.2) is 5.43 Å². The third kappa shape index (κ3) is 3.80. The summed E-state index contributed by atoms with van der Waals surface area (Å²) in [6.07, 6.45) is 1.77. The van der Waals surface area contributed by atoms with E-state index in [0.29, 0.717) is 6.61 Å². The van der Waals surface area contributed by atoms with Crippen molar-refractivity contribution in [1.29, 1.82) is 0 Å². The fraction of sp³-hybridized carbons (Fsp3) is 0.500. The molecule has 0 amide bonds. The van der Waals surface area contributed by atoms with E-state index in [4.69, 9.17) is 13.3 Å². The van der Waals surface area contributed by atoms with Gasteiger partial charge in [0.05, 0.1) is 5.69 Å². The largest absolute Gasteiger partial charge is 0.522 e. The van der Waals surface area contributed by atoms with Crippen molar-refractivity contribution in [2.75, 3.05) is 18.6 Å². The zero-order valence-corrected chi connectivity index (χ0v) is 16.4. The van der Waals surface area contributed by atoms with E-state index in [0.717, 1.165) is 36.2 Å². The second-order valence-electron chi connectivity index (χ2n) is 6.92. The van der Waals surface area contributed by atoms with E-state index in [1.807, 2.05) is 6.07 Å². The van der Waals surface area contributed by atoms with Crippen LogP contribution in [0.5, 0.6) is 0 Å². The molecule has 0 saturated heterocycles. The number of hydrogen-bond acceptors (Lipinski definition) is 5. The SMILES string of the molecule is C[Si]1(C)OC2=C(OCCNNc3ccccc3CC2)[Si](C)(C)O1. The Morgan fingerprint density at radius 2 is 1.83 bits per heavy atom. The fourth-order valence-corrected chi connectivity index (χ4v) is 10.9. The van der Waals surface area contributed by atoms with Crippen LogP contribution in [0.25, 0.3) is 0 Å². The summed E-state index contributed by atoms with van der Waals surface area (Å²) in [5, 5.41) is 0.977. The molecule has 2 N–H and O–H groups in total. The predicted octanol–water partition coefficient (Wildman–Crippen LogP) is 3.27. The molecular weight excluding hydrogens is 324 g/mol. The van der Waals surface area contributed by atoms with Gasteiger partial charge >= 0.3 is 8.56 Å². The smallest absolute Gasteiger partial charge is 0.382 e.